The van der Waals surface area contributed by atoms with Crippen molar-refractivity contribution in [1.29, 1.82) is 5.41 Å². The number of fused-ring (bicyclic) bond motifs is 1. The second kappa shape index (κ2) is 7.66. The first-order valence-electron chi connectivity index (χ1n) is 9.45. The van der Waals surface area contributed by atoms with E-state index in [-0.39, 0.29) is 24.2 Å². The van der Waals surface area contributed by atoms with E-state index in [1.165, 1.54) is 11.3 Å². The molecule has 152 valence electrons. The van der Waals surface area contributed by atoms with Crippen molar-refractivity contribution in [2.24, 2.45) is 0 Å². The minimum atomic E-state index is -0.228. The van der Waals surface area contributed by atoms with Crippen LogP contribution < -0.4 is 9.47 Å². The van der Waals surface area contributed by atoms with Gasteiger partial charge in [-0.3, -0.25) is 5.41 Å². The number of nitrogens with one attached hydrogen (secondary N) is 1. The lowest BCUT2D eigenvalue weighted by Gasteiger charge is -2.30. The van der Waals surface area contributed by atoms with Crippen molar-refractivity contribution in [3.63, 3.8) is 0 Å². The van der Waals surface area contributed by atoms with Crippen molar-refractivity contribution in [2.75, 3.05) is 19.7 Å². The Labute approximate surface area is 182 Å². The van der Waals surface area contributed by atoms with Gasteiger partial charge in [-0.05, 0) is 24.3 Å². The van der Waals surface area contributed by atoms with Gasteiger partial charge in [-0.15, -0.1) is 11.3 Å². The number of ether oxygens (including phenoxy) is 2. The summed E-state index contributed by atoms with van der Waals surface area (Å²) in [6.07, 6.45) is -0.228. The summed E-state index contributed by atoms with van der Waals surface area (Å²) in [5.74, 6) is 1.81. The van der Waals surface area contributed by atoms with Gasteiger partial charge in [0.1, 0.15) is 23.2 Å². The zero-order chi connectivity index (χ0) is 20.7. The highest BCUT2D eigenvalue weighted by molar-refractivity contribution is 7.11. The highest BCUT2D eigenvalue weighted by atomic mass is 35.5. The number of aliphatic hydroxyl groups is 1. The maximum atomic E-state index is 10.6. The molecule has 0 radical (unpaired) electrons. The maximum Gasteiger partial charge on any atom is 0.161 e. The van der Waals surface area contributed by atoms with E-state index in [9.17, 15) is 5.11 Å². The zero-order valence-electron chi connectivity index (χ0n) is 15.8. The van der Waals surface area contributed by atoms with Crippen LogP contribution in [0, 0.1) is 5.41 Å². The van der Waals surface area contributed by atoms with Crippen LogP contribution in [-0.2, 0) is 0 Å². The molecule has 8 heteroatoms. The molecule has 0 bridgehead atoms. The third-order valence-corrected chi connectivity index (χ3v) is 6.14. The van der Waals surface area contributed by atoms with Gasteiger partial charge < -0.3 is 19.5 Å². The summed E-state index contributed by atoms with van der Waals surface area (Å²) in [4.78, 5) is 6.43. The van der Waals surface area contributed by atoms with Crippen LogP contribution >= 0.6 is 22.9 Å². The Balaban J connectivity index is 1.31. The number of hydrogen-bond donors (Lipinski definition) is 2. The fourth-order valence-corrected chi connectivity index (χ4v) is 4.58. The fraction of sp³-hybridized carbons (Fsp3) is 0.182. The van der Waals surface area contributed by atoms with E-state index in [4.69, 9.17) is 26.5 Å². The first-order valence-corrected chi connectivity index (χ1v) is 10.7. The molecule has 3 heterocycles. The van der Waals surface area contributed by atoms with Gasteiger partial charge in [-0.25, -0.2) is 4.98 Å². The first-order chi connectivity index (χ1) is 14.6. The molecule has 0 spiro atoms. The summed E-state index contributed by atoms with van der Waals surface area (Å²) in [6, 6.07) is 15.0. The lowest BCUT2D eigenvalue weighted by Crippen LogP contribution is -2.42. The lowest BCUT2D eigenvalue weighted by atomic mass is 10.2. The average molecular weight is 440 g/mol. The third kappa shape index (κ3) is 3.51. The Morgan fingerprint density at radius 2 is 1.93 bits per heavy atom. The minimum absolute atomic E-state index is 0.147. The summed E-state index contributed by atoms with van der Waals surface area (Å²) < 4.78 is 11.8. The Kier molecular flexibility index (Phi) is 4.84. The number of benzene rings is 2. The number of thiazole rings is 1. The summed E-state index contributed by atoms with van der Waals surface area (Å²) in [7, 11) is 0. The molecule has 2 aliphatic heterocycles. The number of aromatic nitrogens is 1. The number of amidine groups is 1. The highest BCUT2D eigenvalue weighted by Crippen LogP contribution is 2.34. The molecule has 0 saturated heterocycles. The van der Waals surface area contributed by atoms with Crippen molar-refractivity contribution in [1.82, 2.24) is 9.88 Å². The van der Waals surface area contributed by atoms with E-state index in [2.05, 4.69) is 4.98 Å². The van der Waals surface area contributed by atoms with Crippen molar-refractivity contribution >= 4 is 34.3 Å². The van der Waals surface area contributed by atoms with E-state index >= 15 is 0 Å². The van der Waals surface area contributed by atoms with Crippen molar-refractivity contribution in [2.45, 2.75) is 6.10 Å². The number of hydrogen-bond acceptors (Lipinski definition) is 6. The van der Waals surface area contributed by atoms with E-state index in [1.807, 2.05) is 53.9 Å². The van der Waals surface area contributed by atoms with E-state index in [0.717, 1.165) is 17.0 Å². The maximum absolute atomic E-state index is 10.6. The van der Waals surface area contributed by atoms with E-state index in [1.54, 1.807) is 4.90 Å². The largest absolute Gasteiger partial charge is 0.510 e. The molecule has 30 heavy (non-hydrogen) atoms. The molecule has 6 nitrogen and oxygen atoms in total. The van der Waals surface area contributed by atoms with Crippen molar-refractivity contribution in [3.8, 4) is 22.8 Å². The van der Waals surface area contributed by atoms with Gasteiger partial charge >= 0.3 is 0 Å². The van der Waals surface area contributed by atoms with E-state index < -0.39 is 0 Å². The minimum Gasteiger partial charge on any atom is -0.510 e. The molecule has 1 atom stereocenters. The molecule has 2 aliphatic rings. The predicted molar refractivity (Wildman–Crippen MR) is 118 cm³/mol. The molecule has 2 N–H and O–H groups in total. The average Bonchev–Trinajstić information content (AvgIpc) is 3.33. The number of rotatable bonds is 4. The van der Waals surface area contributed by atoms with Gasteiger partial charge in [0, 0.05) is 16.0 Å². The molecule has 1 aromatic heterocycles. The molecule has 0 fully saturated rings. The molecule has 5 rings (SSSR count). The van der Waals surface area contributed by atoms with Crippen LogP contribution in [0.2, 0.25) is 5.02 Å². The molecule has 2 aromatic carbocycles. The summed E-state index contributed by atoms with van der Waals surface area (Å²) >= 11 is 7.37. The molecule has 0 aliphatic carbocycles. The normalized spacial score (nSPS) is 18.2. The van der Waals surface area contributed by atoms with Crippen molar-refractivity contribution < 1.29 is 14.6 Å². The van der Waals surface area contributed by atoms with E-state index in [0.29, 0.717) is 34.5 Å². The van der Waals surface area contributed by atoms with Crippen LogP contribution in [0.3, 0.4) is 0 Å². The molecular formula is C22H18ClN3O3S. The van der Waals surface area contributed by atoms with Crippen molar-refractivity contribution in [3.05, 3.63) is 69.7 Å². The molecule has 3 aromatic rings. The highest BCUT2D eigenvalue weighted by Gasteiger charge is 2.33. The van der Waals surface area contributed by atoms with Gasteiger partial charge in [0.25, 0.3) is 0 Å². The Bertz CT molecular complexity index is 1140. The second-order valence-corrected chi connectivity index (χ2v) is 8.39. The monoisotopic (exact) mass is 439 g/mol. The molecular weight excluding hydrogens is 422 g/mol. The van der Waals surface area contributed by atoms with Crippen LogP contribution in [0.1, 0.15) is 5.01 Å². The topological polar surface area (TPSA) is 78.7 Å². The number of nitrogens with zero attached hydrogens (tertiary/aromatic N) is 2. The number of para-hydroxylation sites is 2. The summed E-state index contributed by atoms with van der Waals surface area (Å²) in [5.41, 5.74) is 2.20. The van der Waals surface area contributed by atoms with Gasteiger partial charge in [-0.1, -0.05) is 35.9 Å². The fourth-order valence-electron chi connectivity index (χ4n) is 3.55. The first kappa shape index (κ1) is 19.0. The number of halogens is 1. The lowest BCUT2D eigenvalue weighted by molar-refractivity contribution is 0.0751. The molecule has 1 unspecified atom stereocenters. The van der Waals surface area contributed by atoms with Gasteiger partial charge in [0.15, 0.2) is 17.6 Å². The van der Waals surface area contributed by atoms with Gasteiger partial charge in [-0.2, -0.15) is 0 Å². The van der Waals surface area contributed by atoms with Crippen LogP contribution in [0.4, 0.5) is 0 Å². The third-order valence-electron chi connectivity index (χ3n) is 5.03. The smallest absolute Gasteiger partial charge is 0.161 e. The Morgan fingerprint density at radius 3 is 2.73 bits per heavy atom. The van der Waals surface area contributed by atoms with Crippen LogP contribution in [0.15, 0.2) is 59.7 Å². The van der Waals surface area contributed by atoms with Gasteiger partial charge in [0.05, 0.1) is 24.4 Å². The number of aliphatic hydroxyl groups excluding tert-OH is 1. The SMILES string of the molecule is N=C1C(c2nc(-c3ccc(Cl)cc3)cs2)=C(O)CN1CC1COc2ccccc2O1. The van der Waals surface area contributed by atoms with Crippen LogP contribution in [0.25, 0.3) is 16.8 Å². The van der Waals surface area contributed by atoms with Gasteiger partial charge in [0.2, 0.25) is 0 Å². The summed E-state index contributed by atoms with van der Waals surface area (Å²) in [6.45, 7) is 1.09. The second-order valence-electron chi connectivity index (χ2n) is 7.09. The molecule has 0 amide bonds. The molecule has 0 saturated carbocycles. The zero-order valence-corrected chi connectivity index (χ0v) is 17.4. The Morgan fingerprint density at radius 1 is 1.17 bits per heavy atom. The van der Waals surface area contributed by atoms with Crippen LogP contribution in [-0.4, -0.2) is 46.6 Å². The standard InChI is InChI=1S/C22H18ClN3O3S/c23-14-7-5-13(6-8-14)16-12-30-22(25-16)20-17(27)10-26(21(20)24)9-15-11-28-18-3-1-2-4-19(18)29-15/h1-8,12,15,24,27H,9-11H2. The quantitative estimate of drug-likeness (QED) is 0.606. The Hall–Kier alpha value is -3.03. The predicted octanol–water partition coefficient (Wildman–Crippen LogP) is 4.87. The summed E-state index contributed by atoms with van der Waals surface area (Å²) in [5, 5.41) is 22.4. The van der Waals surface area contributed by atoms with Crippen LogP contribution in [0.5, 0.6) is 11.5 Å².